The van der Waals surface area contributed by atoms with Gasteiger partial charge in [0.1, 0.15) is 5.54 Å². The van der Waals surface area contributed by atoms with Crippen LogP contribution in [-0.4, -0.2) is 26.7 Å². The van der Waals surface area contributed by atoms with Gasteiger partial charge in [-0.3, -0.25) is 0 Å². The van der Waals surface area contributed by atoms with E-state index < -0.39 is 21.8 Å². The zero-order valence-corrected chi connectivity index (χ0v) is 11.8. The van der Waals surface area contributed by atoms with E-state index in [9.17, 15) is 18.5 Å². The first kappa shape index (κ1) is 15.7. The van der Waals surface area contributed by atoms with Crippen molar-refractivity contribution in [3.63, 3.8) is 0 Å². The first-order valence-electron chi connectivity index (χ1n) is 6.33. The first-order chi connectivity index (χ1) is 8.93. The summed E-state index contributed by atoms with van der Waals surface area (Å²) in [7, 11) is -4.09. The summed E-state index contributed by atoms with van der Waals surface area (Å²) in [6.07, 6.45) is 3.40. The van der Waals surface area contributed by atoms with Crippen LogP contribution in [0.1, 0.15) is 45.4 Å². The molecule has 19 heavy (non-hydrogen) atoms. The molecule has 0 atom stereocenters. The third kappa shape index (κ3) is 5.04. The van der Waals surface area contributed by atoms with Crippen molar-refractivity contribution in [1.82, 2.24) is 9.44 Å². The molecule has 1 amide bonds. The second-order valence-electron chi connectivity index (χ2n) is 4.54. The van der Waals surface area contributed by atoms with Crippen LogP contribution in [-0.2, 0) is 14.9 Å². The van der Waals surface area contributed by atoms with Crippen molar-refractivity contribution in [2.24, 2.45) is 0 Å². The van der Waals surface area contributed by atoms with Gasteiger partial charge in [-0.05, 0) is 19.8 Å². The molecule has 8 heteroatoms. The minimum absolute atomic E-state index is 0.0742. The average molecular weight is 289 g/mol. The molecule has 1 rings (SSSR count). The number of hydrogen-bond acceptors (Lipinski definition) is 5. The molecule has 0 unspecified atom stereocenters. The van der Waals surface area contributed by atoms with Crippen molar-refractivity contribution < 1.29 is 17.9 Å². The van der Waals surface area contributed by atoms with Crippen molar-refractivity contribution in [3.8, 4) is 6.07 Å². The Hall–Kier alpha value is -1.33. The standard InChI is InChI=1S/C11H19N3O4S/c1-2-18-10(15)13-19(16,17)14-11(9-12)7-5-3-4-6-8-11/h14H,2-8H2,1H3,(H,13,15). The van der Waals surface area contributed by atoms with Gasteiger partial charge >= 0.3 is 16.3 Å². The Morgan fingerprint density at radius 1 is 1.32 bits per heavy atom. The predicted molar refractivity (Wildman–Crippen MR) is 68.3 cm³/mol. The smallest absolute Gasteiger partial charge is 0.421 e. The molecule has 0 spiro atoms. The number of ether oxygens (including phenoxy) is 1. The molecular weight excluding hydrogens is 270 g/mol. The van der Waals surface area contributed by atoms with Gasteiger partial charge in [0.05, 0.1) is 12.7 Å². The Morgan fingerprint density at radius 3 is 2.37 bits per heavy atom. The van der Waals surface area contributed by atoms with Crippen LogP contribution < -0.4 is 9.44 Å². The van der Waals surface area contributed by atoms with Gasteiger partial charge < -0.3 is 4.74 Å². The quantitative estimate of drug-likeness (QED) is 0.755. The maximum atomic E-state index is 11.8. The number of nitrogens with zero attached hydrogens (tertiary/aromatic N) is 1. The second kappa shape index (κ2) is 6.73. The summed E-state index contributed by atoms with van der Waals surface area (Å²) in [5, 5.41) is 9.25. The molecule has 1 aliphatic carbocycles. The van der Waals surface area contributed by atoms with E-state index in [0.717, 1.165) is 25.7 Å². The van der Waals surface area contributed by atoms with Crippen LogP contribution in [0.4, 0.5) is 4.79 Å². The van der Waals surface area contributed by atoms with E-state index in [2.05, 4.69) is 9.46 Å². The number of carbonyl (C=O) groups is 1. The second-order valence-corrected chi connectivity index (χ2v) is 5.95. The molecule has 0 radical (unpaired) electrons. The fraction of sp³-hybridized carbons (Fsp3) is 0.818. The largest absolute Gasteiger partial charge is 0.449 e. The molecule has 0 bridgehead atoms. The van der Waals surface area contributed by atoms with Crippen LogP contribution in [0.25, 0.3) is 0 Å². The highest BCUT2D eigenvalue weighted by Crippen LogP contribution is 2.27. The molecule has 7 nitrogen and oxygen atoms in total. The molecule has 1 aliphatic rings. The van der Waals surface area contributed by atoms with E-state index in [1.165, 1.54) is 0 Å². The van der Waals surface area contributed by atoms with E-state index in [1.54, 1.807) is 11.6 Å². The van der Waals surface area contributed by atoms with Gasteiger partial charge in [0, 0.05) is 0 Å². The van der Waals surface area contributed by atoms with Crippen LogP contribution in [0, 0.1) is 11.3 Å². The van der Waals surface area contributed by atoms with Crippen molar-refractivity contribution in [3.05, 3.63) is 0 Å². The number of hydrogen-bond donors (Lipinski definition) is 2. The normalized spacial score (nSPS) is 18.9. The number of nitriles is 1. The third-order valence-corrected chi connectivity index (χ3v) is 4.09. The lowest BCUT2D eigenvalue weighted by Gasteiger charge is -2.25. The first-order valence-corrected chi connectivity index (χ1v) is 7.81. The highest BCUT2D eigenvalue weighted by molar-refractivity contribution is 7.88. The minimum atomic E-state index is -4.09. The Labute approximate surface area is 113 Å². The van der Waals surface area contributed by atoms with E-state index in [-0.39, 0.29) is 6.61 Å². The number of nitrogens with one attached hydrogen (secondary N) is 2. The van der Waals surface area contributed by atoms with Gasteiger partial charge in [-0.25, -0.2) is 9.52 Å². The van der Waals surface area contributed by atoms with Crippen LogP contribution in [0.15, 0.2) is 0 Å². The summed E-state index contributed by atoms with van der Waals surface area (Å²) < 4.78 is 32.1. The van der Waals surface area contributed by atoms with Gasteiger partial charge in [0.25, 0.3) is 0 Å². The molecule has 0 aromatic rings. The molecule has 1 saturated carbocycles. The minimum Gasteiger partial charge on any atom is -0.449 e. The fourth-order valence-electron chi connectivity index (χ4n) is 2.12. The van der Waals surface area contributed by atoms with Crippen LogP contribution in [0.2, 0.25) is 0 Å². The highest BCUT2D eigenvalue weighted by atomic mass is 32.2. The van der Waals surface area contributed by atoms with Gasteiger partial charge in [0.2, 0.25) is 0 Å². The molecule has 0 aliphatic heterocycles. The number of rotatable bonds is 4. The van der Waals surface area contributed by atoms with Gasteiger partial charge in [-0.1, -0.05) is 25.7 Å². The van der Waals surface area contributed by atoms with Gasteiger partial charge in [-0.2, -0.15) is 18.4 Å². The zero-order chi connectivity index (χ0) is 14.4. The van der Waals surface area contributed by atoms with Crippen molar-refractivity contribution in [2.75, 3.05) is 6.61 Å². The molecule has 0 saturated heterocycles. The zero-order valence-electron chi connectivity index (χ0n) is 10.9. The molecule has 0 heterocycles. The maximum Gasteiger partial charge on any atom is 0.421 e. The highest BCUT2D eigenvalue weighted by Gasteiger charge is 2.35. The fourth-order valence-corrected chi connectivity index (χ4v) is 3.22. The third-order valence-electron chi connectivity index (χ3n) is 2.99. The number of amides is 1. The van der Waals surface area contributed by atoms with Crippen molar-refractivity contribution in [1.29, 1.82) is 5.26 Å². The van der Waals surface area contributed by atoms with Crippen molar-refractivity contribution in [2.45, 2.75) is 51.0 Å². The van der Waals surface area contributed by atoms with Gasteiger partial charge in [0.15, 0.2) is 0 Å². The summed E-state index contributed by atoms with van der Waals surface area (Å²) >= 11 is 0. The van der Waals surface area contributed by atoms with E-state index >= 15 is 0 Å². The maximum absolute atomic E-state index is 11.8. The van der Waals surface area contributed by atoms with Gasteiger partial charge in [-0.15, -0.1) is 0 Å². The summed E-state index contributed by atoms with van der Waals surface area (Å²) in [6.45, 7) is 1.65. The lowest BCUT2D eigenvalue weighted by atomic mass is 9.94. The van der Waals surface area contributed by atoms with E-state index in [0.29, 0.717) is 12.8 Å². The van der Waals surface area contributed by atoms with Crippen molar-refractivity contribution >= 4 is 16.3 Å². The number of carbonyl (C=O) groups excluding carboxylic acids is 1. The Kier molecular flexibility index (Phi) is 5.57. The summed E-state index contributed by atoms with van der Waals surface area (Å²) in [5.74, 6) is 0. The average Bonchev–Trinajstić information content (AvgIpc) is 2.54. The topological polar surface area (TPSA) is 108 Å². The summed E-state index contributed by atoms with van der Waals surface area (Å²) in [5.41, 5.74) is -1.13. The molecule has 2 N–H and O–H groups in total. The van der Waals surface area contributed by atoms with Crippen LogP contribution >= 0.6 is 0 Å². The van der Waals surface area contributed by atoms with Crippen LogP contribution in [0.3, 0.4) is 0 Å². The monoisotopic (exact) mass is 289 g/mol. The predicted octanol–water partition coefficient (Wildman–Crippen LogP) is 1.18. The summed E-state index contributed by atoms with van der Waals surface area (Å²) in [6, 6.07) is 2.04. The molecule has 1 fully saturated rings. The Morgan fingerprint density at radius 2 is 1.89 bits per heavy atom. The Balaban J connectivity index is 2.73. The van der Waals surface area contributed by atoms with E-state index in [4.69, 9.17) is 0 Å². The molecule has 0 aromatic carbocycles. The molecule has 0 aromatic heterocycles. The SMILES string of the molecule is CCOC(=O)NS(=O)(=O)NC1(C#N)CCCCCC1. The van der Waals surface area contributed by atoms with Crippen LogP contribution in [0.5, 0.6) is 0 Å². The molecular formula is C11H19N3O4S. The molecule has 108 valence electrons. The Bertz CT molecular complexity index is 447. The van der Waals surface area contributed by atoms with E-state index in [1.807, 2.05) is 6.07 Å². The lowest BCUT2D eigenvalue weighted by Crippen LogP contribution is -2.52. The lowest BCUT2D eigenvalue weighted by molar-refractivity contribution is 0.158. The summed E-state index contributed by atoms with van der Waals surface area (Å²) in [4.78, 5) is 11.1.